The molecule has 4 aromatic rings. The van der Waals surface area contributed by atoms with Gasteiger partial charge in [-0.05, 0) is 61.7 Å². The summed E-state index contributed by atoms with van der Waals surface area (Å²) >= 11 is 6.39. The summed E-state index contributed by atoms with van der Waals surface area (Å²) in [6.45, 7) is 6.26. The van der Waals surface area contributed by atoms with Gasteiger partial charge in [0.25, 0.3) is 0 Å². The molecule has 0 radical (unpaired) electrons. The number of imidazole rings is 1. The average molecular weight is 394 g/mol. The Morgan fingerprint density at radius 3 is 2.43 bits per heavy atom. The van der Waals surface area contributed by atoms with Crippen molar-refractivity contribution in [3.8, 4) is 11.3 Å². The summed E-state index contributed by atoms with van der Waals surface area (Å²) in [6.07, 6.45) is 0.853. The van der Waals surface area contributed by atoms with E-state index in [1.54, 1.807) is 6.07 Å². The van der Waals surface area contributed by atoms with E-state index in [1.165, 1.54) is 12.1 Å². The number of nitrogens with zero attached hydrogens (tertiary/aromatic N) is 2. The van der Waals surface area contributed by atoms with Crippen LogP contribution in [-0.2, 0) is 6.42 Å². The molecule has 3 nitrogen and oxygen atoms in total. The fraction of sp³-hybridized carbons (Fsp3) is 0.174. The Balaban J connectivity index is 2.01. The molecule has 0 aliphatic carbocycles. The van der Waals surface area contributed by atoms with E-state index in [9.17, 15) is 4.39 Å². The second kappa shape index (κ2) is 7.28. The van der Waals surface area contributed by atoms with Gasteiger partial charge in [0.05, 0.1) is 5.02 Å². The molecule has 0 amide bonds. The Morgan fingerprint density at radius 1 is 1.04 bits per heavy atom. The number of fused-ring (bicyclic) bond motifs is 1. The SMILES string of the molecule is CCc1cccc2nc(-c3ccc(F)cc3Cl)c(Nc3c(C)cccc3C)n12. The van der Waals surface area contributed by atoms with Gasteiger partial charge in [0, 0.05) is 16.9 Å². The van der Waals surface area contributed by atoms with Crippen LogP contribution in [0, 0.1) is 19.7 Å². The number of benzene rings is 2. The van der Waals surface area contributed by atoms with Crippen LogP contribution in [0.15, 0.2) is 54.6 Å². The second-order valence-corrected chi connectivity index (χ2v) is 7.30. The number of rotatable bonds is 4. The minimum atomic E-state index is -0.365. The molecule has 142 valence electrons. The van der Waals surface area contributed by atoms with Gasteiger partial charge in [-0.15, -0.1) is 0 Å². The number of aryl methyl sites for hydroxylation is 3. The molecular formula is C23H21ClFN3. The molecule has 0 bridgehead atoms. The Bertz CT molecular complexity index is 1160. The quantitative estimate of drug-likeness (QED) is 0.417. The number of para-hydroxylation sites is 1. The van der Waals surface area contributed by atoms with Crippen molar-refractivity contribution in [2.24, 2.45) is 0 Å². The van der Waals surface area contributed by atoms with E-state index in [-0.39, 0.29) is 5.82 Å². The molecule has 2 aromatic heterocycles. The van der Waals surface area contributed by atoms with Crippen molar-refractivity contribution in [3.63, 3.8) is 0 Å². The van der Waals surface area contributed by atoms with Crippen LogP contribution >= 0.6 is 11.6 Å². The van der Waals surface area contributed by atoms with Crippen molar-refractivity contribution >= 4 is 28.8 Å². The lowest BCUT2D eigenvalue weighted by Gasteiger charge is -2.16. The van der Waals surface area contributed by atoms with Crippen molar-refractivity contribution in [2.75, 3.05) is 5.32 Å². The Morgan fingerprint density at radius 2 is 1.75 bits per heavy atom. The van der Waals surface area contributed by atoms with E-state index in [4.69, 9.17) is 16.6 Å². The van der Waals surface area contributed by atoms with Gasteiger partial charge in [-0.1, -0.05) is 42.8 Å². The summed E-state index contributed by atoms with van der Waals surface area (Å²) in [7, 11) is 0. The van der Waals surface area contributed by atoms with Crippen molar-refractivity contribution in [2.45, 2.75) is 27.2 Å². The molecule has 2 heterocycles. The van der Waals surface area contributed by atoms with E-state index in [0.717, 1.165) is 40.4 Å². The number of nitrogens with one attached hydrogen (secondary N) is 1. The Labute approximate surface area is 168 Å². The lowest BCUT2D eigenvalue weighted by molar-refractivity contribution is 0.628. The normalized spacial score (nSPS) is 11.2. The number of hydrogen-bond acceptors (Lipinski definition) is 2. The molecule has 0 aliphatic rings. The maximum Gasteiger partial charge on any atom is 0.143 e. The first-order valence-corrected chi connectivity index (χ1v) is 9.66. The third kappa shape index (κ3) is 3.14. The molecule has 0 saturated heterocycles. The highest BCUT2D eigenvalue weighted by Crippen LogP contribution is 2.37. The van der Waals surface area contributed by atoms with Crippen molar-refractivity contribution in [1.29, 1.82) is 0 Å². The fourth-order valence-electron chi connectivity index (χ4n) is 3.55. The van der Waals surface area contributed by atoms with Crippen LogP contribution < -0.4 is 5.32 Å². The average Bonchev–Trinajstić information content (AvgIpc) is 3.03. The molecule has 5 heteroatoms. The molecule has 0 saturated carbocycles. The van der Waals surface area contributed by atoms with Gasteiger partial charge in [-0.2, -0.15) is 0 Å². The summed E-state index contributed by atoms with van der Waals surface area (Å²) < 4.78 is 15.7. The smallest absolute Gasteiger partial charge is 0.143 e. The minimum absolute atomic E-state index is 0.339. The molecule has 0 aliphatic heterocycles. The van der Waals surface area contributed by atoms with Crippen LogP contribution in [0.25, 0.3) is 16.9 Å². The largest absolute Gasteiger partial charge is 0.339 e. The summed E-state index contributed by atoms with van der Waals surface area (Å²) in [6, 6.07) is 16.7. The minimum Gasteiger partial charge on any atom is -0.339 e. The van der Waals surface area contributed by atoms with Crippen LogP contribution in [0.3, 0.4) is 0 Å². The van der Waals surface area contributed by atoms with E-state index in [1.807, 2.05) is 18.2 Å². The number of hydrogen-bond donors (Lipinski definition) is 1. The lowest BCUT2D eigenvalue weighted by atomic mass is 10.1. The standard InChI is InChI=1S/C23H21ClFN3/c1-4-17-9-6-10-20-26-22(18-12-11-16(25)13-19(18)24)23(28(17)20)27-21-14(2)7-5-8-15(21)3/h5-13,27H,4H2,1-3H3. The maximum absolute atomic E-state index is 13.6. The summed E-state index contributed by atoms with van der Waals surface area (Å²) in [5.41, 5.74) is 6.66. The zero-order chi connectivity index (χ0) is 19.8. The maximum atomic E-state index is 13.6. The molecule has 4 rings (SSSR count). The first kappa shape index (κ1) is 18.5. The van der Waals surface area contributed by atoms with E-state index >= 15 is 0 Å². The molecule has 0 unspecified atom stereocenters. The zero-order valence-corrected chi connectivity index (χ0v) is 16.8. The number of aromatic nitrogens is 2. The van der Waals surface area contributed by atoms with Gasteiger partial charge in [-0.25, -0.2) is 9.37 Å². The first-order chi connectivity index (χ1) is 13.5. The van der Waals surface area contributed by atoms with Gasteiger partial charge in [0.1, 0.15) is 23.0 Å². The summed E-state index contributed by atoms with van der Waals surface area (Å²) in [4.78, 5) is 4.83. The van der Waals surface area contributed by atoms with Gasteiger partial charge >= 0.3 is 0 Å². The van der Waals surface area contributed by atoms with Crippen LogP contribution in [0.4, 0.5) is 15.9 Å². The third-order valence-electron chi connectivity index (χ3n) is 5.00. The molecule has 0 atom stereocenters. The predicted molar refractivity (Wildman–Crippen MR) is 114 cm³/mol. The first-order valence-electron chi connectivity index (χ1n) is 9.28. The van der Waals surface area contributed by atoms with Crippen molar-refractivity contribution in [3.05, 3.63) is 82.3 Å². The fourth-order valence-corrected chi connectivity index (χ4v) is 3.81. The van der Waals surface area contributed by atoms with Crippen molar-refractivity contribution < 1.29 is 4.39 Å². The van der Waals surface area contributed by atoms with Crippen molar-refractivity contribution in [1.82, 2.24) is 9.38 Å². The van der Waals surface area contributed by atoms with E-state index < -0.39 is 0 Å². The molecule has 0 fully saturated rings. The monoisotopic (exact) mass is 393 g/mol. The van der Waals surface area contributed by atoms with Crippen LogP contribution in [0.1, 0.15) is 23.7 Å². The Hall–Kier alpha value is -2.85. The van der Waals surface area contributed by atoms with E-state index in [2.05, 4.69) is 48.7 Å². The van der Waals surface area contributed by atoms with E-state index in [0.29, 0.717) is 16.3 Å². The molecule has 2 aromatic carbocycles. The number of anilines is 2. The van der Waals surface area contributed by atoms with Crippen LogP contribution in [-0.4, -0.2) is 9.38 Å². The molecular weight excluding hydrogens is 373 g/mol. The highest BCUT2D eigenvalue weighted by atomic mass is 35.5. The summed E-state index contributed by atoms with van der Waals surface area (Å²) in [5.74, 6) is 0.467. The summed E-state index contributed by atoms with van der Waals surface area (Å²) in [5, 5.41) is 3.93. The number of pyridine rings is 1. The Kier molecular flexibility index (Phi) is 4.82. The van der Waals surface area contributed by atoms with Gasteiger partial charge < -0.3 is 5.32 Å². The predicted octanol–water partition coefficient (Wildman–Crippen LogP) is 6.72. The molecule has 0 spiro atoms. The molecule has 28 heavy (non-hydrogen) atoms. The van der Waals surface area contributed by atoms with Gasteiger partial charge in [0.15, 0.2) is 0 Å². The highest BCUT2D eigenvalue weighted by Gasteiger charge is 2.19. The zero-order valence-electron chi connectivity index (χ0n) is 16.1. The third-order valence-corrected chi connectivity index (χ3v) is 5.31. The topological polar surface area (TPSA) is 29.3 Å². The molecule has 1 N–H and O–H groups in total. The van der Waals surface area contributed by atoms with Crippen LogP contribution in [0.2, 0.25) is 5.02 Å². The lowest BCUT2D eigenvalue weighted by Crippen LogP contribution is -2.03. The second-order valence-electron chi connectivity index (χ2n) is 6.89. The van der Waals surface area contributed by atoms with Gasteiger partial charge in [0.2, 0.25) is 0 Å². The van der Waals surface area contributed by atoms with Gasteiger partial charge in [-0.3, -0.25) is 4.40 Å². The number of halogens is 2. The van der Waals surface area contributed by atoms with Crippen LogP contribution in [0.5, 0.6) is 0 Å². The highest BCUT2D eigenvalue weighted by molar-refractivity contribution is 6.33.